The number of rotatable bonds is 16. The van der Waals surface area contributed by atoms with Crippen LogP contribution in [0.5, 0.6) is 0 Å². The maximum atomic E-state index is 11.0. The van der Waals surface area contributed by atoms with Gasteiger partial charge in [0.25, 0.3) is 0 Å². The molecule has 0 rings (SSSR count). The molecule has 0 aliphatic carbocycles. The Labute approximate surface area is 194 Å². The second-order valence-electron chi connectivity index (χ2n) is 5.67. The minimum atomic E-state index is -1.24. The van der Waals surface area contributed by atoms with E-state index in [1.54, 1.807) is 0 Å². The number of carboxylic acid groups (broad SMARTS) is 5. The monoisotopic (exact) mass is 783 g/mol. The van der Waals surface area contributed by atoms with Gasteiger partial charge < -0.3 is 25.5 Å². The van der Waals surface area contributed by atoms with Crippen molar-refractivity contribution in [1.29, 1.82) is 0 Å². The van der Waals surface area contributed by atoms with Gasteiger partial charge in [-0.2, -0.15) is 0 Å². The fourth-order valence-electron chi connectivity index (χ4n) is 2.22. The fraction of sp³-hybridized carbons (Fsp3) is 0.643. The molecule has 0 aliphatic heterocycles. The van der Waals surface area contributed by atoms with E-state index in [0.717, 1.165) is 9.80 Å². The zero-order chi connectivity index (χ0) is 21.0. The molecule has 0 atom stereocenters. The first kappa shape index (κ1) is 32.3. The van der Waals surface area contributed by atoms with Crippen LogP contribution in [-0.4, -0.2) is 129 Å². The molecule has 15 heteroatoms. The first-order valence-electron chi connectivity index (χ1n) is 7.75. The summed E-state index contributed by atoms with van der Waals surface area (Å²) >= 11 is 0. The van der Waals surface area contributed by atoms with Crippen molar-refractivity contribution >= 4 is 29.8 Å². The second kappa shape index (κ2) is 17.5. The van der Waals surface area contributed by atoms with Crippen LogP contribution in [0.25, 0.3) is 0 Å². The molecule has 0 saturated carbocycles. The van der Waals surface area contributed by atoms with Crippen molar-refractivity contribution in [2.24, 2.45) is 0 Å². The first-order valence-corrected chi connectivity index (χ1v) is 7.75. The van der Waals surface area contributed by atoms with Crippen molar-refractivity contribution in [1.82, 2.24) is 14.7 Å². The van der Waals surface area contributed by atoms with Gasteiger partial charge in [-0.25, -0.2) is 0 Å². The summed E-state index contributed by atoms with van der Waals surface area (Å²) in [6.07, 6.45) is 0. The van der Waals surface area contributed by atoms with E-state index < -0.39 is 62.6 Å². The Kier molecular flexibility index (Phi) is 19.4. The largest absolute Gasteiger partial charge is 2.00 e. The van der Waals surface area contributed by atoms with Crippen LogP contribution in [0.15, 0.2) is 0 Å². The van der Waals surface area contributed by atoms with Gasteiger partial charge in [0.1, 0.15) is 0 Å². The van der Waals surface area contributed by atoms with E-state index >= 15 is 0 Å². The molecule has 0 radical (unpaired) electrons. The van der Waals surface area contributed by atoms with Gasteiger partial charge in [0.05, 0.1) is 32.7 Å². The van der Waals surface area contributed by atoms with E-state index in [0.29, 0.717) is 0 Å². The molecule has 13 nitrogen and oxygen atoms in total. The third-order valence-electron chi connectivity index (χ3n) is 3.26. The minimum absolute atomic E-state index is 0. The quantitative estimate of drug-likeness (QED) is 0.109. The first-order chi connectivity index (χ1) is 12.5. The van der Waals surface area contributed by atoms with Crippen molar-refractivity contribution < 1.29 is 91.6 Å². The van der Waals surface area contributed by atoms with Gasteiger partial charge in [-0.3, -0.25) is 38.7 Å². The predicted octanol–water partition coefficient (Wildman–Crippen LogP) is -2.69. The number of nitrogens with zero attached hydrogens (tertiary/aromatic N) is 3. The smallest absolute Gasteiger partial charge is 0.480 e. The number of hydrogen-bond acceptors (Lipinski definition) is 8. The molecular formula is C14H23N3O10Pt2+4. The molecule has 29 heavy (non-hydrogen) atoms. The Morgan fingerprint density at radius 2 is 0.586 bits per heavy atom. The third kappa shape index (κ3) is 19.7. The van der Waals surface area contributed by atoms with Crippen molar-refractivity contribution in [3.05, 3.63) is 0 Å². The Morgan fingerprint density at radius 3 is 0.793 bits per heavy atom. The van der Waals surface area contributed by atoms with E-state index in [9.17, 15) is 24.0 Å². The van der Waals surface area contributed by atoms with E-state index in [1.807, 2.05) is 0 Å². The summed E-state index contributed by atoms with van der Waals surface area (Å²) in [6.45, 7) is -2.74. The molecular weight excluding hydrogens is 760 g/mol. The van der Waals surface area contributed by atoms with Crippen LogP contribution in [0.4, 0.5) is 0 Å². The van der Waals surface area contributed by atoms with Crippen LogP contribution in [-0.2, 0) is 66.1 Å². The van der Waals surface area contributed by atoms with Crippen molar-refractivity contribution in [3.63, 3.8) is 0 Å². The molecule has 5 N–H and O–H groups in total. The Bertz CT molecular complexity index is 492. The summed E-state index contributed by atoms with van der Waals surface area (Å²) in [7, 11) is 0. The molecule has 0 aromatic rings. The van der Waals surface area contributed by atoms with Crippen molar-refractivity contribution in [2.75, 3.05) is 58.9 Å². The maximum Gasteiger partial charge on any atom is 2.00 e. The Balaban J connectivity index is -0.00000338. The zero-order valence-electron chi connectivity index (χ0n) is 15.1. The number of aliphatic carboxylic acids is 5. The van der Waals surface area contributed by atoms with Crippen LogP contribution >= 0.6 is 0 Å². The summed E-state index contributed by atoms with van der Waals surface area (Å²) in [4.78, 5) is 57.6. The molecule has 0 aliphatic rings. The molecule has 170 valence electrons. The maximum absolute atomic E-state index is 11.0. The van der Waals surface area contributed by atoms with Gasteiger partial charge in [0, 0.05) is 26.2 Å². The van der Waals surface area contributed by atoms with E-state index in [2.05, 4.69) is 0 Å². The van der Waals surface area contributed by atoms with Gasteiger partial charge in [-0.05, 0) is 0 Å². The third-order valence-corrected chi connectivity index (χ3v) is 3.26. The van der Waals surface area contributed by atoms with Crippen LogP contribution in [0, 0.1) is 0 Å². The minimum Gasteiger partial charge on any atom is -0.480 e. The van der Waals surface area contributed by atoms with E-state index in [-0.39, 0.29) is 68.3 Å². The zero-order valence-corrected chi connectivity index (χ0v) is 19.7. The van der Waals surface area contributed by atoms with E-state index in [4.69, 9.17) is 25.5 Å². The van der Waals surface area contributed by atoms with Crippen molar-refractivity contribution in [2.45, 2.75) is 0 Å². The average molecular weight is 784 g/mol. The normalized spacial score (nSPS) is 10.3. The van der Waals surface area contributed by atoms with Crippen molar-refractivity contribution in [3.8, 4) is 0 Å². The molecule has 0 amide bonds. The van der Waals surface area contributed by atoms with Crippen LogP contribution in [0.1, 0.15) is 0 Å². The van der Waals surface area contributed by atoms with Crippen LogP contribution < -0.4 is 0 Å². The van der Waals surface area contributed by atoms with Gasteiger partial charge in [0.15, 0.2) is 0 Å². The fourth-order valence-corrected chi connectivity index (χ4v) is 2.22. The summed E-state index contributed by atoms with van der Waals surface area (Å²) in [5.41, 5.74) is 0. The molecule has 0 bridgehead atoms. The molecule has 0 aromatic heterocycles. The Morgan fingerprint density at radius 1 is 0.414 bits per heavy atom. The molecule has 0 heterocycles. The molecule has 0 fully saturated rings. The topological polar surface area (TPSA) is 196 Å². The SMILES string of the molecule is O=C(O)CN(CCN(CC(=O)O)CC(=O)O)CCN(CC(=O)O)CC(=O)O.[Pt+2].[Pt+2]. The Hall–Kier alpha value is -1.39. The molecule has 0 unspecified atom stereocenters. The van der Waals surface area contributed by atoms with E-state index in [1.165, 1.54) is 4.90 Å². The molecule has 0 spiro atoms. The number of carboxylic acids is 5. The summed E-state index contributed by atoms with van der Waals surface area (Å²) in [5, 5.41) is 44.1. The average Bonchev–Trinajstić information content (AvgIpc) is 2.46. The number of carbonyl (C=O) groups is 5. The summed E-state index contributed by atoms with van der Waals surface area (Å²) in [6, 6.07) is 0. The van der Waals surface area contributed by atoms with Gasteiger partial charge >= 0.3 is 72.0 Å². The standard InChI is InChI=1S/C14H23N3O10.2Pt/c18-10(19)5-15(1-3-16(6-11(20)21)7-12(22)23)2-4-17(8-13(24)25)9-14(26)27;;/h1-9H2,(H,18,19)(H,20,21)(H,22,23)(H,24,25)(H,26,27);;/q;2*+2. The van der Waals surface area contributed by atoms with Gasteiger partial charge in [0.2, 0.25) is 0 Å². The number of hydrogen-bond donors (Lipinski definition) is 5. The predicted molar refractivity (Wildman–Crippen MR) is 87.5 cm³/mol. The molecule has 0 aromatic carbocycles. The second-order valence-corrected chi connectivity index (χ2v) is 5.67. The summed E-state index contributed by atoms with van der Waals surface area (Å²) in [5.74, 6) is -6.16. The van der Waals surface area contributed by atoms with Gasteiger partial charge in [-0.15, -0.1) is 0 Å². The van der Waals surface area contributed by atoms with Crippen LogP contribution in [0.2, 0.25) is 0 Å². The summed E-state index contributed by atoms with van der Waals surface area (Å²) < 4.78 is 0. The van der Waals surface area contributed by atoms with Gasteiger partial charge in [-0.1, -0.05) is 0 Å². The van der Waals surface area contributed by atoms with Crippen LogP contribution in [0.3, 0.4) is 0 Å². The molecule has 0 saturated heterocycles.